The second kappa shape index (κ2) is 5.32. The van der Waals surface area contributed by atoms with Gasteiger partial charge in [-0.15, -0.1) is 0 Å². The van der Waals surface area contributed by atoms with E-state index in [2.05, 4.69) is 0 Å². The van der Waals surface area contributed by atoms with Crippen LogP contribution < -0.4 is 9.64 Å². The van der Waals surface area contributed by atoms with Crippen LogP contribution in [0.15, 0.2) is 36.4 Å². The molecule has 2 unspecified atom stereocenters. The molecule has 1 amide bonds. The smallest absolute Gasteiger partial charge is 0.310 e. The predicted molar refractivity (Wildman–Crippen MR) is 82.7 cm³/mol. The van der Waals surface area contributed by atoms with Crippen molar-refractivity contribution in [2.24, 2.45) is 11.8 Å². The Bertz CT molecular complexity index is 714. The van der Waals surface area contributed by atoms with Crippen LogP contribution in [0.3, 0.4) is 0 Å². The van der Waals surface area contributed by atoms with E-state index in [9.17, 15) is 14.7 Å². The van der Waals surface area contributed by atoms with E-state index in [1.54, 1.807) is 35.2 Å². The number of methoxy groups -OCH3 is 1. The van der Waals surface area contributed by atoms with E-state index >= 15 is 0 Å². The van der Waals surface area contributed by atoms with Gasteiger partial charge in [0.2, 0.25) is 5.91 Å². The fraction of sp³-hybridized carbons (Fsp3) is 0.412. The molecule has 126 valence electrons. The van der Waals surface area contributed by atoms with Crippen LogP contribution in [0, 0.1) is 11.8 Å². The highest BCUT2D eigenvalue weighted by Gasteiger charge is 2.67. The van der Waals surface area contributed by atoms with Crippen molar-refractivity contribution in [3.05, 3.63) is 36.4 Å². The number of carboxylic acid groups (broad SMARTS) is 1. The van der Waals surface area contributed by atoms with Crippen LogP contribution in [-0.2, 0) is 19.1 Å². The van der Waals surface area contributed by atoms with Crippen LogP contribution in [0.1, 0.15) is 0 Å². The molecule has 4 rings (SSSR count). The standard InChI is InChI=1S/C17H17NO6/c1-22-9-23-11-4-2-10(3-5-11)18-8-17-7-6-12(24-17)13(16(20)21)14(17)15(18)19/h2-7,12-14H,8-9H2,1H3,(H,20,21)/t12-,13?,14?,17+/m1/s1. The van der Waals surface area contributed by atoms with Gasteiger partial charge in [0.25, 0.3) is 0 Å². The number of aliphatic carboxylic acids is 1. The summed E-state index contributed by atoms with van der Waals surface area (Å²) in [6, 6.07) is 7.03. The fourth-order valence-corrected chi connectivity index (χ4v) is 3.85. The molecule has 0 aromatic heterocycles. The van der Waals surface area contributed by atoms with Crippen molar-refractivity contribution in [1.82, 2.24) is 0 Å². The second-order valence-electron chi connectivity index (χ2n) is 6.21. The lowest BCUT2D eigenvalue weighted by atomic mass is 9.77. The van der Waals surface area contributed by atoms with Crippen LogP contribution in [-0.4, -0.2) is 49.1 Å². The lowest BCUT2D eigenvalue weighted by molar-refractivity contribution is -0.146. The number of amides is 1. The molecular formula is C17H17NO6. The number of ether oxygens (including phenoxy) is 3. The Kier molecular flexibility index (Phi) is 3.36. The molecule has 2 bridgehead atoms. The summed E-state index contributed by atoms with van der Waals surface area (Å²) in [6.45, 7) is 0.471. The molecule has 0 radical (unpaired) electrons. The molecule has 3 heterocycles. The topological polar surface area (TPSA) is 85.3 Å². The molecule has 7 heteroatoms. The molecule has 7 nitrogen and oxygen atoms in total. The summed E-state index contributed by atoms with van der Waals surface area (Å²) in [5, 5.41) is 9.46. The van der Waals surface area contributed by atoms with Gasteiger partial charge in [-0.3, -0.25) is 9.59 Å². The van der Waals surface area contributed by atoms with E-state index in [1.165, 1.54) is 7.11 Å². The third kappa shape index (κ3) is 2.05. The first-order valence-electron chi connectivity index (χ1n) is 7.69. The third-order valence-electron chi connectivity index (χ3n) is 4.88. The molecular weight excluding hydrogens is 314 g/mol. The van der Waals surface area contributed by atoms with Crippen molar-refractivity contribution in [2.45, 2.75) is 11.7 Å². The second-order valence-corrected chi connectivity index (χ2v) is 6.21. The van der Waals surface area contributed by atoms with Crippen LogP contribution in [0.25, 0.3) is 0 Å². The largest absolute Gasteiger partial charge is 0.481 e. The van der Waals surface area contributed by atoms with E-state index in [1.807, 2.05) is 6.08 Å². The number of rotatable bonds is 5. The number of benzene rings is 1. The monoisotopic (exact) mass is 331 g/mol. The fourth-order valence-electron chi connectivity index (χ4n) is 3.85. The molecule has 0 saturated carbocycles. The zero-order valence-corrected chi connectivity index (χ0v) is 13.0. The molecule has 1 aromatic rings. The number of hydrogen-bond donors (Lipinski definition) is 1. The summed E-state index contributed by atoms with van der Waals surface area (Å²) >= 11 is 0. The van der Waals surface area contributed by atoms with Crippen molar-refractivity contribution in [3.63, 3.8) is 0 Å². The maximum absolute atomic E-state index is 12.8. The summed E-state index contributed by atoms with van der Waals surface area (Å²) < 4.78 is 16.0. The summed E-state index contributed by atoms with van der Waals surface area (Å²) in [5.41, 5.74) is -0.131. The van der Waals surface area contributed by atoms with Gasteiger partial charge < -0.3 is 24.2 Å². The van der Waals surface area contributed by atoms with Crippen molar-refractivity contribution >= 4 is 17.6 Å². The Labute approximate surface area is 138 Å². The van der Waals surface area contributed by atoms with Crippen molar-refractivity contribution < 1.29 is 28.9 Å². The van der Waals surface area contributed by atoms with Crippen LogP contribution in [0.4, 0.5) is 5.69 Å². The van der Waals surface area contributed by atoms with Crippen LogP contribution >= 0.6 is 0 Å². The molecule has 1 spiro atoms. The van der Waals surface area contributed by atoms with E-state index in [0.29, 0.717) is 18.0 Å². The van der Waals surface area contributed by atoms with E-state index in [0.717, 1.165) is 0 Å². The van der Waals surface area contributed by atoms with Gasteiger partial charge in [0.05, 0.1) is 18.6 Å². The Hall–Kier alpha value is -2.38. The molecule has 2 saturated heterocycles. The Morgan fingerprint density at radius 3 is 2.83 bits per heavy atom. The van der Waals surface area contributed by atoms with Gasteiger partial charge >= 0.3 is 5.97 Å². The molecule has 1 aromatic carbocycles. The zero-order chi connectivity index (χ0) is 16.9. The van der Waals surface area contributed by atoms with E-state index in [-0.39, 0.29) is 12.7 Å². The van der Waals surface area contributed by atoms with E-state index < -0.39 is 29.5 Å². The summed E-state index contributed by atoms with van der Waals surface area (Å²) in [6.07, 6.45) is 3.09. The minimum atomic E-state index is -0.991. The summed E-state index contributed by atoms with van der Waals surface area (Å²) in [7, 11) is 1.54. The molecule has 3 aliphatic rings. The van der Waals surface area contributed by atoms with Gasteiger partial charge in [0.15, 0.2) is 6.79 Å². The minimum absolute atomic E-state index is 0.146. The number of carbonyl (C=O) groups excluding carboxylic acids is 1. The molecule has 24 heavy (non-hydrogen) atoms. The number of hydrogen-bond acceptors (Lipinski definition) is 5. The first-order chi connectivity index (χ1) is 11.6. The molecule has 3 aliphatic heterocycles. The van der Waals surface area contributed by atoms with Crippen molar-refractivity contribution in [2.75, 3.05) is 25.3 Å². The highest BCUT2D eigenvalue weighted by atomic mass is 16.7. The van der Waals surface area contributed by atoms with Gasteiger partial charge in [-0.2, -0.15) is 0 Å². The molecule has 0 aliphatic carbocycles. The Morgan fingerprint density at radius 1 is 1.42 bits per heavy atom. The van der Waals surface area contributed by atoms with Gasteiger partial charge in [-0.1, -0.05) is 12.2 Å². The Balaban J connectivity index is 1.59. The van der Waals surface area contributed by atoms with Gasteiger partial charge in [-0.05, 0) is 24.3 Å². The van der Waals surface area contributed by atoms with Gasteiger partial charge in [-0.25, -0.2) is 0 Å². The summed E-state index contributed by atoms with van der Waals surface area (Å²) in [5.74, 6) is -2.06. The minimum Gasteiger partial charge on any atom is -0.481 e. The average Bonchev–Trinajstić information content (AvgIpc) is 3.22. The molecule has 4 atom stereocenters. The summed E-state index contributed by atoms with van der Waals surface area (Å²) in [4.78, 5) is 26.0. The van der Waals surface area contributed by atoms with Crippen LogP contribution in [0.2, 0.25) is 0 Å². The van der Waals surface area contributed by atoms with Gasteiger partial charge in [0.1, 0.15) is 17.3 Å². The number of anilines is 1. The average molecular weight is 331 g/mol. The van der Waals surface area contributed by atoms with E-state index in [4.69, 9.17) is 14.2 Å². The number of nitrogens with zero attached hydrogens (tertiary/aromatic N) is 1. The highest BCUT2D eigenvalue weighted by molar-refractivity contribution is 6.02. The first-order valence-corrected chi connectivity index (χ1v) is 7.69. The van der Waals surface area contributed by atoms with Crippen LogP contribution in [0.5, 0.6) is 5.75 Å². The number of fused-ring (bicyclic) bond motifs is 1. The Morgan fingerprint density at radius 2 is 2.17 bits per heavy atom. The lowest BCUT2D eigenvalue weighted by Crippen LogP contribution is -2.39. The number of carboxylic acids is 1. The highest BCUT2D eigenvalue weighted by Crippen LogP contribution is 2.52. The maximum Gasteiger partial charge on any atom is 0.310 e. The SMILES string of the molecule is COCOc1ccc(N2C[C@]34C=C[C@@H](O3)C(C(=O)O)C4C2=O)cc1. The number of carbonyl (C=O) groups is 2. The lowest BCUT2D eigenvalue weighted by Gasteiger charge is -2.21. The predicted octanol–water partition coefficient (Wildman–Crippen LogP) is 1.04. The first kappa shape index (κ1) is 15.2. The quantitative estimate of drug-likeness (QED) is 0.641. The third-order valence-corrected chi connectivity index (χ3v) is 4.88. The van der Waals surface area contributed by atoms with Crippen molar-refractivity contribution in [3.8, 4) is 5.75 Å². The van der Waals surface area contributed by atoms with Crippen molar-refractivity contribution in [1.29, 1.82) is 0 Å². The maximum atomic E-state index is 12.8. The van der Waals surface area contributed by atoms with Gasteiger partial charge in [0, 0.05) is 12.8 Å². The molecule has 1 N–H and O–H groups in total. The zero-order valence-electron chi connectivity index (χ0n) is 13.0. The normalized spacial score (nSPS) is 33.1. The molecule has 2 fully saturated rings.